The number of aliphatic hydroxyl groups is 3. The van der Waals surface area contributed by atoms with Crippen LogP contribution in [-0.4, -0.2) is 45.7 Å². The third kappa shape index (κ3) is 20.7. The van der Waals surface area contributed by atoms with Crippen molar-refractivity contribution in [2.45, 2.75) is 59.0 Å². The molecule has 0 atom stereocenters. The first-order valence-electron chi connectivity index (χ1n) is 6.34. The summed E-state index contributed by atoms with van der Waals surface area (Å²) in [4.78, 5) is 10.2. The number of rotatable bonds is 7. The Hall–Kier alpha value is -0.650. The highest BCUT2D eigenvalue weighted by Crippen LogP contribution is 2.22. The zero-order chi connectivity index (χ0) is 14.6. The minimum absolute atomic E-state index is 0.324. The van der Waals surface area contributed by atoms with Gasteiger partial charge in [-0.05, 0) is 18.3 Å². The van der Waals surface area contributed by atoms with Crippen molar-refractivity contribution in [1.82, 2.24) is 0 Å². The summed E-state index contributed by atoms with van der Waals surface area (Å²) in [7, 11) is 0. The third-order valence-corrected chi connectivity index (χ3v) is 2.24. The Morgan fingerprint density at radius 2 is 1.56 bits per heavy atom. The molecule has 0 aromatic rings. The SMILES string of the molecule is CC(C)(C)CCCCCC(=O)O.OCC(O)CO. The number of aliphatic carboxylic acids is 1. The van der Waals surface area contributed by atoms with Crippen LogP contribution in [0.5, 0.6) is 0 Å². The van der Waals surface area contributed by atoms with Crippen LogP contribution >= 0.6 is 0 Å². The Balaban J connectivity index is 0. The molecular weight excluding hydrogens is 236 g/mol. The summed E-state index contributed by atoms with van der Waals surface area (Å²) in [6.07, 6.45) is 3.58. The van der Waals surface area contributed by atoms with Gasteiger partial charge in [0.1, 0.15) is 6.10 Å². The fourth-order valence-electron chi connectivity index (χ4n) is 1.17. The molecule has 5 nitrogen and oxygen atoms in total. The molecule has 0 fully saturated rings. The van der Waals surface area contributed by atoms with Crippen LogP contribution in [0.25, 0.3) is 0 Å². The van der Waals surface area contributed by atoms with E-state index in [0.29, 0.717) is 11.8 Å². The molecule has 0 amide bonds. The molecule has 0 bridgehead atoms. The van der Waals surface area contributed by atoms with E-state index in [1.807, 2.05) is 0 Å². The van der Waals surface area contributed by atoms with Crippen LogP contribution in [0.2, 0.25) is 0 Å². The molecular formula is C13H28O5. The first-order chi connectivity index (χ1) is 8.22. The van der Waals surface area contributed by atoms with Gasteiger partial charge in [0, 0.05) is 6.42 Å². The number of hydrogen-bond acceptors (Lipinski definition) is 4. The Kier molecular flexibility index (Phi) is 12.5. The molecule has 0 aliphatic heterocycles. The Morgan fingerprint density at radius 1 is 1.06 bits per heavy atom. The highest BCUT2D eigenvalue weighted by atomic mass is 16.4. The maximum atomic E-state index is 10.2. The highest BCUT2D eigenvalue weighted by Gasteiger charge is 2.08. The number of carboxylic acid groups (broad SMARTS) is 1. The Labute approximate surface area is 109 Å². The molecule has 0 rings (SSSR count). The molecule has 0 aromatic carbocycles. The van der Waals surface area contributed by atoms with Gasteiger partial charge in [-0.3, -0.25) is 4.79 Å². The normalized spacial score (nSPS) is 11.1. The minimum Gasteiger partial charge on any atom is -0.481 e. The van der Waals surface area contributed by atoms with E-state index in [0.717, 1.165) is 19.3 Å². The van der Waals surface area contributed by atoms with Crippen LogP contribution in [0.4, 0.5) is 0 Å². The third-order valence-electron chi connectivity index (χ3n) is 2.24. The second-order valence-electron chi connectivity index (χ2n) is 5.53. The maximum absolute atomic E-state index is 10.2. The van der Waals surface area contributed by atoms with E-state index in [1.54, 1.807) is 0 Å². The molecule has 5 heteroatoms. The molecule has 0 saturated carbocycles. The van der Waals surface area contributed by atoms with Crippen molar-refractivity contribution in [3.8, 4) is 0 Å². The molecule has 0 unspecified atom stereocenters. The van der Waals surface area contributed by atoms with Crippen molar-refractivity contribution < 1.29 is 25.2 Å². The van der Waals surface area contributed by atoms with Gasteiger partial charge >= 0.3 is 5.97 Å². The van der Waals surface area contributed by atoms with Gasteiger partial charge in [-0.25, -0.2) is 0 Å². The van der Waals surface area contributed by atoms with Crippen LogP contribution < -0.4 is 0 Å². The van der Waals surface area contributed by atoms with Gasteiger partial charge in [0.25, 0.3) is 0 Å². The van der Waals surface area contributed by atoms with Gasteiger partial charge in [0.15, 0.2) is 0 Å². The molecule has 0 radical (unpaired) electrons. The monoisotopic (exact) mass is 264 g/mol. The summed E-state index contributed by atoms with van der Waals surface area (Å²) >= 11 is 0. The summed E-state index contributed by atoms with van der Waals surface area (Å²) in [5.41, 5.74) is 0.392. The maximum Gasteiger partial charge on any atom is 0.303 e. The Bertz CT molecular complexity index is 194. The predicted octanol–water partition coefficient (Wildman–Crippen LogP) is 1.40. The first kappa shape index (κ1) is 19.7. The second kappa shape index (κ2) is 11.4. The summed E-state index contributed by atoms with van der Waals surface area (Å²) in [5, 5.41) is 32.4. The van der Waals surface area contributed by atoms with E-state index in [-0.39, 0.29) is 13.2 Å². The number of unbranched alkanes of at least 4 members (excludes halogenated alkanes) is 2. The zero-order valence-corrected chi connectivity index (χ0v) is 11.7. The summed E-state index contributed by atoms with van der Waals surface area (Å²) < 4.78 is 0. The smallest absolute Gasteiger partial charge is 0.303 e. The largest absolute Gasteiger partial charge is 0.481 e. The number of aliphatic hydroxyl groups excluding tert-OH is 3. The molecule has 18 heavy (non-hydrogen) atoms. The van der Waals surface area contributed by atoms with Crippen LogP contribution in [0, 0.1) is 5.41 Å². The quantitative estimate of drug-likeness (QED) is 0.521. The van der Waals surface area contributed by atoms with Crippen LogP contribution in [0.1, 0.15) is 52.9 Å². The Morgan fingerprint density at radius 3 is 1.83 bits per heavy atom. The van der Waals surface area contributed by atoms with Crippen LogP contribution in [0.15, 0.2) is 0 Å². The van der Waals surface area contributed by atoms with Crippen LogP contribution in [0.3, 0.4) is 0 Å². The molecule has 0 aromatic heterocycles. The fourth-order valence-corrected chi connectivity index (χ4v) is 1.17. The lowest BCUT2D eigenvalue weighted by Crippen LogP contribution is -2.15. The average molecular weight is 264 g/mol. The molecule has 0 saturated heterocycles. The molecule has 110 valence electrons. The summed E-state index contributed by atoms with van der Waals surface area (Å²) in [5.74, 6) is -0.675. The number of carboxylic acids is 1. The highest BCUT2D eigenvalue weighted by molar-refractivity contribution is 5.66. The van der Waals surface area contributed by atoms with Crippen molar-refractivity contribution in [1.29, 1.82) is 0 Å². The fraction of sp³-hybridized carbons (Fsp3) is 0.923. The van der Waals surface area contributed by atoms with Gasteiger partial charge in [-0.15, -0.1) is 0 Å². The molecule has 0 spiro atoms. The van der Waals surface area contributed by atoms with Crippen LogP contribution in [-0.2, 0) is 4.79 Å². The van der Waals surface area contributed by atoms with Gasteiger partial charge in [0.2, 0.25) is 0 Å². The average Bonchev–Trinajstić information content (AvgIpc) is 2.26. The number of hydrogen-bond donors (Lipinski definition) is 4. The predicted molar refractivity (Wildman–Crippen MR) is 70.4 cm³/mol. The standard InChI is InChI=1S/C10H20O2.C3H8O3/c1-10(2,3)8-6-4-5-7-9(11)12;4-1-3(6)2-5/h4-8H2,1-3H3,(H,11,12);3-6H,1-2H2. The second-order valence-corrected chi connectivity index (χ2v) is 5.53. The lowest BCUT2D eigenvalue weighted by Gasteiger charge is -2.17. The summed E-state index contributed by atoms with van der Waals surface area (Å²) in [6, 6.07) is 0. The van der Waals surface area contributed by atoms with Gasteiger partial charge < -0.3 is 20.4 Å². The van der Waals surface area contributed by atoms with Crippen molar-refractivity contribution in [3.05, 3.63) is 0 Å². The first-order valence-corrected chi connectivity index (χ1v) is 6.34. The van der Waals surface area contributed by atoms with E-state index < -0.39 is 12.1 Å². The lowest BCUT2D eigenvalue weighted by atomic mass is 9.89. The van der Waals surface area contributed by atoms with Crippen molar-refractivity contribution in [2.24, 2.45) is 5.41 Å². The zero-order valence-electron chi connectivity index (χ0n) is 11.7. The molecule has 0 aliphatic carbocycles. The van der Waals surface area contributed by atoms with Gasteiger partial charge in [-0.2, -0.15) is 0 Å². The minimum atomic E-state index is -0.954. The van der Waals surface area contributed by atoms with E-state index in [1.165, 1.54) is 6.42 Å². The lowest BCUT2D eigenvalue weighted by molar-refractivity contribution is -0.137. The van der Waals surface area contributed by atoms with E-state index >= 15 is 0 Å². The van der Waals surface area contributed by atoms with E-state index in [2.05, 4.69) is 20.8 Å². The molecule has 0 aliphatic rings. The van der Waals surface area contributed by atoms with Crippen molar-refractivity contribution >= 4 is 5.97 Å². The van der Waals surface area contributed by atoms with Gasteiger partial charge in [0.05, 0.1) is 13.2 Å². The van der Waals surface area contributed by atoms with Crippen molar-refractivity contribution in [2.75, 3.05) is 13.2 Å². The van der Waals surface area contributed by atoms with Crippen molar-refractivity contribution in [3.63, 3.8) is 0 Å². The molecule has 0 heterocycles. The topological polar surface area (TPSA) is 98.0 Å². The van der Waals surface area contributed by atoms with E-state index in [4.69, 9.17) is 20.4 Å². The number of carbonyl (C=O) groups is 1. The van der Waals surface area contributed by atoms with Gasteiger partial charge in [-0.1, -0.05) is 33.6 Å². The summed E-state index contributed by atoms with van der Waals surface area (Å²) in [6.45, 7) is 5.91. The van der Waals surface area contributed by atoms with E-state index in [9.17, 15) is 4.79 Å². The molecule has 4 N–H and O–H groups in total.